The predicted octanol–water partition coefficient (Wildman–Crippen LogP) is 3.71. The third-order valence-electron chi connectivity index (χ3n) is 3.72. The molecule has 0 radical (unpaired) electrons. The highest BCUT2D eigenvalue weighted by Gasteiger charge is 2.17. The van der Waals surface area contributed by atoms with Gasteiger partial charge < -0.3 is 9.84 Å². The van der Waals surface area contributed by atoms with Gasteiger partial charge in [-0.15, -0.1) is 0 Å². The van der Waals surface area contributed by atoms with Gasteiger partial charge in [-0.25, -0.2) is 0 Å². The van der Waals surface area contributed by atoms with Gasteiger partial charge in [-0.05, 0) is 23.1 Å². The minimum absolute atomic E-state index is 0.0843. The molecule has 0 aliphatic heterocycles. The van der Waals surface area contributed by atoms with E-state index in [1.54, 1.807) is 7.11 Å². The maximum atomic E-state index is 10.5. The van der Waals surface area contributed by atoms with Crippen molar-refractivity contribution in [3.05, 3.63) is 71.3 Å². The molecule has 2 nitrogen and oxygen atoms in total. The number of methoxy groups -OCH3 is 1. The van der Waals surface area contributed by atoms with Crippen LogP contribution in [0.2, 0.25) is 0 Å². The number of aliphatic hydroxyl groups is 1. The van der Waals surface area contributed by atoms with Crippen molar-refractivity contribution in [3.63, 3.8) is 0 Å². The molecule has 20 heavy (non-hydrogen) atoms. The van der Waals surface area contributed by atoms with Gasteiger partial charge in [0.15, 0.2) is 0 Å². The third kappa shape index (κ3) is 3.69. The van der Waals surface area contributed by atoms with Gasteiger partial charge >= 0.3 is 0 Å². The highest BCUT2D eigenvalue weighted by atomic mass is 16.5. The number of benzene rings is 2. The highest BCUT2D eigenvalue weighted by molar-refractivity contribution is 5.28. The average Bonchev–Trinajstić information content (AvgIpc) is 2.53. The SMILES string of the molecule is COCCc1ccc(C(O)C(C)c2ccccc2)cc1. The van der Waals surface area contributed by atoms with E-state index in [1.165, 1.54) is 5.56 Å². The number of ether oxygens (including phenoxy) is 1. The Morgan fingerprint density at radius 2 is 1.60 bits per heavy atom. The zero-order valence-electron chi connectivity index (χ0n) is 12.1. The van der Waals surface area contributed by atoms with E-state index in [2.05, 4.69) is 31.2 Å². The Labute approximate surface area is 121 Å². The lowest BCUT2D eigenvalue weighted by molar-refractivity contribution is 0.151. The third-order valence-corrected chi connectivity index (χ3v) is 3.72. The van der Waals surface area contributed by atoms with Crippen molar-refractivity contribution in [2.75, 3.05) is 13.7 Å². The molecule has 0 aromatic heterocycles. The maximum Gasteiger partial charge on any atom is 0.0855 e. The van der Waals surface area contributed by atoms with E-state index in [1.807, 2.05) is 30.3 Å². The molecule has 0 aliphatic rings. The van der Waals surface area contributed by atoms with Crippen molar-refractivity contribution in [3.8, 4) is 0 Å². The lowest BCUT2D eigenvalue weighted by Gasteiger charge is -2.20. The van der Waals surface area contributed by atoms with Crippen molar-refractivity contribution in [1.29, 1.82) is 0 Å². The van der Waals surface area contributed by atoms with Crippen molar-refractivity contribution in [2.45, 2.75) is 25.4 Å². The van der Waals surface area contributed by atoms with Gasteiger partial charge in [-0.1, -0.05) is 61.5 Å². The van der Waals surface area contributed by atoms with Crippen LogP contribution >= 0.6 is 0 Å². The summed E-state index contributed by atoms with van der Waals surface area (Å²) in [6, 6.07) is 18.3. The molecule has 2 aromatic carbocycles. The van der Waals surface area contributed by atoms with Gasteiger partial charge in [0.2, 0.25) is 0 Å². The first-order valence-corrected chi connectivity index (χ1v) is 7.03. The molecule has 1 N–H and O–H groups in total. The van der Waals surface area contributed by atoms with Gasteiger partial charge in [0.1, 0.15) is 0 Å². The van der Waals surface area contributed by atoms with Crippen LogP contribution in [0.1, 0.15) is 35.6 Å². The Bertz CT molecular complexity index is 505. The zero-order valence-corrected chi connectivity index (χ0v) is 12.1. The lowest BCUT2D eigenvalue weighted by Crippen LogP contribution is -2.07. The first kappa shape index (κ1) is 14.8. The van der Waals surface area contributed by atoms with E-state index >= 15 is 0 Å². The summed E-state index contributed by atoms with van der Waals surface area (Å²) in [6.07, 6.45) is 0.426. The zero-order chi connectivity index (χ0) is 14.4. The summed E-state index contributed by atoms with van der Waals surface area (Å²) in [5.41, 5.74) is 3.35. The van der Waals surface area contributed by atoms with Crippen LogP contribution < -0.4 is 0 Å². The molecule has 2 unspecified atom stereocenters. The Morgan fingerprint density at radius 1 is 0.950 bits per heavy atom. The standard InChI is InChI=1S/C18H22O2/c1-14(16-6-4-3-5-7-16)18(19)17-10-8-15(9-11-17)12-13-20-2/h3-11,14,18-19H,12-13H2,1-2H3. The molecule has 0 heterocycles. The minimum atomic E-state index is -0.478. The summed E-state index contributed by atoms with van der Waals surface area (Å²) in [5, 5.41) is 10.5. The van der Waals surface area contributed by atoms with Gasteiger partial charge in [0, 0.05) is 13.0 Å². The molecule has 2 heteroatoms. The molecule has 0 aliphatic carbocycles. The van der Waals surface area contributed by atoms with Crippen LogP contribution in [0.5, 0.6) is 0 Å². The van der Waals surface area contributed by atoms with E-state index in [4.69, 9.17) is 4.74 Å². The molecule has 0 saturated heterocycles. The lowest BCUT2D eigenvalue weighted by atomic mass is 9.90. The fourth-order valence-corrected chi connectivity index (χ4v) is 2.33. The summed E-state index contributed by atoms with van der Waals surface area (Å²) in [6.45, 7) is 2.78. The Morgan fingerprint density at radius 3 is 2.20 bits per heavy atom. The number of rotatable bonds is 6. The normalized spacial score (nSPS) is 13.9. The van der Waals surface area contributed by atoms with Crippen molar-refractivity contribution >= 4 is 0 Å². The van der Waals surface area contributed by atoms with Crippen LogP contribution in [-0.4, -0.2) is 18.8 Å². The van der Waals surface area contributed by atoms with E-state index in [0.29, 0.717) is 0 Å². The topological polar surface area (TPSA) is 29.5 Å². The first-order chi connectivity index (χ1) is 9.72. The van der Waals surface area contributed by atoms with Crippen LogP contribution in [0.15, 0.2) is 54.6 Å². The molecule has 2 atom stereocenters. The smallest absolute Gasteiger partial charge is 0.0855 e. The van der Waals surface area contributed by atoms with Crippen molar-refractivity contribution < 1.29 is 9.84 Å². The monoisotopic (exact) mass is 270 g/mol. The second-order valence-electron chi connectivity index (χ2n) is 5.13. The van der Waals surface area contributed by atoms with Crippen LogP contribution in [0.4, 0.5) is 0 Å². The van der Waals surface area contributed by atoms with Crippen molar-refractivity contribution in [2.24, 2.45) is 0 Å². The molecular weight excluding hydrogens is 248 g/mol. The molecule has 0 bridgehead atoms. The van der Waals surface area contributed by atoms with Gasteiger partial charge in [0.05, 0.1) is 12.7 Å². The average molecular weight is 270 g/mol. The largest absolute Gasteiger partial charge is 0.388 e. The highest BCUT2D eigenvalue weighted by Crippen LogP contribution is 2.30. The molecule has 0 saturated carbocycles. The Balaban J connectivity index is 2.07. The van der Waals surface area contributed by atoms with Crippen LogP contribution in [0.25, 0.3) is 0 Å². The van der Waals surface area contributed by atoms with Crippen LogP contribution in [-0.2, 0) is 11.2 Å². The molecule has 106 valence electrons. The summed E-state index contributed by atoms with van der Waals surface area (Å²) < 4.78 is 5.07. The summed E-state index contributed by atoms with van der Waals surface area (Å²) >= 11 is 0. The van der Waals surface area contributed by atoms with Gasteiger partial charge in [-0.3, -0.25) is 0 Å². The Hall–Kier alpha value is -1.64. The van der Waals surface area contributed by atoms with Gasteiger partial charge in [0.25, 0.3) is 0 Å². The summed E-state index contributed by atoms with van der Waals surface area (Å²) in [7, 11) is 1.71. The molecule has 2 aromatic rings. The second-order valence-corrected chi connectivity index (χ2v) is 5.13. The van der Waals surface area contributed by atoms with E-state index in [-0.39, 0.29) is 5.92 Å². The first-order valence-electron chi connectivity index (χ1n) is 7.03. The Kier molecular flexibility index (Phi) is 5.33. The number of hydrogen-bond donors (Lipinski definition) is 1. The molecule has 0 spiro atoms. The van der Waals surface area contributed by atoms with E-state index in [9.17, 15) is 5.11 Å². The fraction of sp³-hybridized carbons (Fsp3) is 0.333. The fourth-order valence-electron chi connectivity index (χ4n) is 2.33. The molecular formula is C18H22O2. The minimum Gasteiger partial charge on any atom is -0.388 e. The van der Waals surface area contributed by atoms with Gasteiger partial charge in [-0.2, -0.15) is 0 Å². The molecule has 2 rings (SSSR count). The number of aliphatic hydroxyl groups excluding tert-OH is 1. The molecule has 0 amide bonds. The predicted molar refractivity (Wildman–Crippen MR) is 81.8 cm³/mol. The summed E-state index contributed by atoms with van der Waals surface area (Å²) in [5.74, 6) is 0.0843. The molecule has 0 fully saturated rings. The number of hydrogen-bond acceptors (Lipinski definition) is 2. The second kappa shape index (κ2) is 7.22. The quantitative estimate of drug-likeness (QED) is 0.867. The summed E-state index contributed by atoms with van der Waals surface area (Å²) in [4.78, 5) is 0. The van der Waals surface area contributed by atoms with Crippen molar-refractivity contribution in [1.82, 2.24) is 0 Å². The van der Waals surface area contributed by atoms with Crippen LogP contribution in [0, 0.1) is 0 Å². The maximum absolute atomic E-state index is 10.5. The van der Waals surface area contributed by atoms with Crippen LogP contribution in [0.3, 0.4) is 0 Å². The van der Waals surface area contributed by atoms with E-state index < -0.39 is 6.10 Å². The van der Waals surface area contributed by atoms with E-state index in [0.717, 1.165) is 24.2 Å².